The molecule has 0 unspecified atom stereocenters. The number of carbonyl (C=O) groups excluding carboxylic acids is 2. The van der Waals surface area contributed by atoms with Crippen LogP contribution < -0.4 is 31.1 Å². The van der Waals surface area contributed by atoms with Gasteiger partial charge in [0.15, 0.2) is 5.96 Å². The lowest BCUT2D eigenvalue weighted by molar-refractivity contribution is -0.142. The molecule has 1 aliphatic rings. The second-order valence-corrected chi connectivity index (χ2v) is 8.69. The first-order valence-electron chi connectivity index (χ1n) is 10.2. The maximum Gasteiger partial charge on any atom is 0.325 e. The zero-order chi connectivity index (χ0) is 23.4. The Bertz CT molecular complexity index is 890. The molecule has 1 aromatic carbocycles. The summed E-state index contributed by atoms with van der Waals surface area (Å²) in [7, 11) is -2.66. The van der Waals surface area contributed by atoms with E-state index in [0.29, 0.717) is 24.5 Å². The number of guanidine groups is 1. The number of methoxy groups -OCH3 is 1. The summed E-state index contributed by atoms with van der Waals surface area (Å²) in [6.45, 7) is 2.30. The van der Waals surface area contributed by atoms with Crippen LogP contribution in [0.25, 0.3) is 0 Å². The maximum atomic E-state index is 12.4. The van der Waals surface area contributed by atoms with Gasteiger partial charge in [-0.2, -0.15) is 4.72 Å². The number of hydrogen-bond acceptors (Lipinski definition) is 10. The largest absolute Gasteiger partial charge is 0.492 e. The number of sulfonamides is 1. The van der Waals surface area contributed by atoms with Gasteiger partial charge < -0.3 is 31.2 Å². The van der Waals surface area contributed by atoms with Crippen LogP contribution in [-0.4, -0.2) is 84.5 Å². The predicted octanol–water partition coefficient (Wildman–Crippen LogP) is -1.85. The average Bonchev–Trinajstić information content (AvgIpc) is 2.79. The predicted molar refractivity (Wildman–Crippen MR) is 119 cm³/mol. The summed E-state index contributed by atoms with van der Waals surface area (Å²) in [4.78, 5) is 28.5. The minimum absolute atomic E-state index is 0.105. The number of hydrogen-bond donors (Lipinski definition) is 5. The quantitative estimate of drug-likeness (QED) is 0.174. The Balaban J connectivity index is 1.81. The Morgan fingerprint density at radius 3 is 2.66 bits per heavy atom. The lowest BCUT2D eigenvalue weighted by Gasteiger charge is -2.17. The molecule has 0 aromatic heterocycles. The highest BCUT2D eigenvalue weighted by Crippen LogP contribution is 2.12. The minimum Gasteiger partial charge on any atom is -0.492 e. The van der Waals surface area contributed by atoms with Crippen molar-refractivity contribution in [3.63, 3.8) is 0 Å². The Morgan fingerprint density at radius 1 is 1.28 bits per heavy atom. The molecule has 0 fully saturated rings. The van der Waals surface area contributed by atoms with Gasteiger partial charge in [0, 0.05) is 31.7 Å². The van der Waals surface area contributed by atoms with E-state index in [1.807, 2.05) is 0 Å². The summed E-state index contributed by atoms with van der Waals surface area (Å²) in [5, 5.41) is 8.81. The number of nitrogens with zero attached hydrogens (tertiary/aromatic N) is 1. The Labute approximate surface area is 187 Å². The number of ether oxygens (including phenoxy) is 2. The van der Waals surface area contributed by atoms with Crippen molar-refractivity contribution < 1.29 is 27.5 Å². The number of benzene rings is 1. The van der Waals surface area contributed by atoms with Crippen molar-refractivity contribution in [2.24, 2.45) is 10.7 Å². The zero-order valence-corrected chi connectivity index (χ0v) is 18.7. The highest BCUT2D eigenvalue weighted by molar-refractivity contribution is 7.89. The lowest BCUT2D eigenvalue weighted by Crippen LogP contribution is -2.49. The van der Waals surface area contributed by atoms with Crippen LogP contribution in [0.5, 0.6) is 5.75 Å². The molecule has 1 amide bonds. The van der Waals surface area contributed by atoms with E-state index in [1.54, 1.807) is 24.3 Å². The van der Waals surface area contributed by atoms with Gasteiger partial charge in [-0.1, -0.05) is 0 Å². The fourth-order valence-electron chi connectivity index (χ4n) is 2.73. The highest BCUT2D eigenvalue weighted by atomic mass is 32.2. The van der Waals surface area contributed by atoms with Crippen LogP contribution in [-0.2, 0) is 19.6 Å². The summed E-state index contributed by atoms with van der Waals surface area (Å²) in [6, 6.07) is 5.16. The van der Waals surface area contributed by atoms with Crippen molar-refractivity contribution in [3.8, 4) is 5.75 Å². The maximum absolute atomic E-state index is 12.4. The first kappa shape index (κ1) is 25.4. The van der Waals surface area contributed by atoms with Gasteiger partial charge in [0.25, 0.3) is 5.91 Å². The number of nitrogens with one attached hydrogen (secondary N) is 4. The van der Waals surface area contributed by atoms with E-state index in [0.717, 1.165) is 32.6 Å². The fourth-order valence-corrected chi connectivity index (χ4v) is 3.78. The molecule has 1 atom stereocenters. The third-order valence-electron chi connectivity index (χ3n) is 4.34. The molecule has 0 bridgehead atoms. The number of nitrogens with two attached hydrogens (primary N) is 1. The Kier molecular flexibility index (Phi) is 10.2. The van der Waals surface area contributed by atoms with Crippen LogP contribution >= 0.6 is 0 Å². The monoisotopic (exact) mass is 470 g/mol. The van der Waals surface area contributed by atoms with Crippen LogP contribution in [0.2, 0.25) is 0 Å². The van der Waals surface area contributed by atoms with Crippen molar-refractivity contribution in [1.82, 2.24) is 20.7 Å². The zero-order valence-electron chi connectivity index (χ0n) is 17.9. The van der Waals surface area contributed by atoms with E-state index in [2.05, 4.69) is 30.4 Å². The van der Waals surface area contributed by atoms with Gasteiger partial charge in [0.2, 0.25) is 10.0 Å². The summed E-state index contributed by atoms with van der Waals surface area (Å²) in [5.74, 6) is -0.300. The van der Waals surface area contributed by atoms with Crippen LogP contribution in [0.4, 0.5) is 0 Å². The number of aliphatic imine (C=N–C) groups is 1. The van der Waals surface area contributed by atoms with Gasteiger partial charge in [-0.25, -0.2) is 8.42 Å². The molecule has 13 heteroatoms. The third-order valence-corrected chi connectivity index (χ3v) is 5.75. The standard InChI is InChI=1S/C19H30N6O6S/c1-30-18(27)16(25-32(28,29)12-7-20)13-24-17(26)14-3-5-15(6-4-14)31-11-10-23-19-21-8-2-9-22-19/h3-6,16,25H,2,7-13,20H2,1H3,(H,24,26)(H2,21,22,23)/t16-/m0/s1. The molecular formula is C19H30N6O6S. The molecule has 1 aliphatic heterocycles. The fraction of sp³-hybridized carbons (Fsp3) is 0.526. The lowest BCUT2D eigenvalue weighted by atomic mass is 10.2. The van der Waals surface area contributed by atoms with Gasteiger partial charge in [0.1, 0.15) is 18.4 Å². The van der Waals surface area contributed by atoms with Crippen molar-refractivity contribution >= 4 is 27.9 Å². The van der Waals surface area contributed by atoms with Crippen LogP contribution in [0, 0.1) is 0 Å². The summed E-state index contributed by atoms with van der Waals surface area (Å²) in [6.07, 6.45) is 1.02. The van der Waals surface area contributed by atoms with Crippen molar-refractivity contribution in [2.75, 3.05) is 52.2 Å². The first-order valence-corrected chi connectivity index (χ1v) is 11.8. The van der Waals surface area contributed by atoms with Gasteiger partial charge in [0.05, 0.1) is 19.4 Å². The number of esters is 1. The summed E-state index contributed by atoms with van der Waals surface area (Å²) >= 11 is 0. The second kappa shape index (κ2) is 12.8. The second-order valence-electron chi connectivity index (χ2n) is 6.82. The molecule has 0 spiro atoms. The molecule has 0 saturated heterocycles. The summed E-state index contributed by atoms with van der Waals surface area (Å²) < 4.78 is 36.1. The van der Waals surface area contributed by atoms with Crippen molar-refractivity contribution in [3.05, 3.63) is 29.8 Å². The molecule has 2 rings (SSSR count). The molecule has 178 valence electrons. The van der Waals surface area contributed by atoms with Crippen LogP contribution in [0.1, 0.15) is 16.8 Å². The third kappa shape index (κ3) is 8.69. The van der Waals surface area contributed by atoms with Gasteiger partial charge in [-0.15, -0.1) is 0 Å². The number of amides is 1. The van der Waals surface area contributed by atoms with E-state index in [9.17, 15) is 18.0 Å². The van der Waals surface area contributed by atoms with Crippen molar-refractivity contribution in [1.29, 1.82) is 0 Å². The first-order chi connectivity index (χ1) is 15.3. The number of rotatable bonds is 12. The Morgan fingerprint density at radius 2 is 2.03 bits per heavy atom. The SMILES string of the molecule is COC(=O)[C@H](CNC(=O)c1ccc(OCCNC2=NCCCN2)cc1)NS(=O)(=O)CCN. The smallest absolute Gasteiger partial charge is 0.325 e. The van der Waals surface area contributed by atoms with E-state index < -0.39 is 27.9 Å². The average molecular weight is 471 g/mol. The molecule has 12 nitrogen and oxygen atoms in total. The normalized spacial score (nSPS) is 14.5. The van der Waals surface area contributed by atoms with E-state index in [-0.39, 0.29) is 18.8 Å². The summed E-state index contributed by atoms with van der Waals surface area (Å²) in [5.41, 5.74) is 5.58. The minimum atomic E-state index is -3.78. The van der Waals surface area contributed by atoms with Gasteiger partial charge in [-0.3, -0.25) is 14.6 Å². The Hall–Kier alpha value is -2.90. The van der Waals surface area contributed by atoms with Gasteiger partial charge in [-0.05, 0) is 30.7 Å². The van der Waals surface area contributed by atoms with E-state index in [1.165, 1.54) is 0 Å². The number of carbonyl (C=O) groups is 2. The topological polar surface area (TPSA) is 173 Å². The molecule has 1 aromatic rings. The van der Waals surface area contributed by atoms with Crippen molar-refractivity contribution in [2.45, 2.75) is 12.5 Å². The highest BCUT2D eigenvalue weighted by Gasteiger charge is 2.25. The molecule has 32 heavy (non-hydrogen) atoms. The molecular weight excluding hydrogens is 440 g/mol. The molecule has 1 heterocycles. The van der Waals surface area contributed by atoms with Crippen LogP contribution in [0.3, 0.4) is 0 Å². The molecule has 0 radical (unpaired) electrons. The van der Waals surface area contributed by atoms with E-state index in [4.69, 9.17) is 10.5 Å². The van der Waals surface area contributed by atoms with Gasteiger partial charge >= 0.3 is 5.97 Å². The molecule has 0 aliphatic carbocycles. The van der Waals surface area contributed by atoms with E-state index >= 15 is 0 Å². The molecule has 0 saturated carbocycles. The van der Waals surface area contributed by atoms with Crippen LogP contribution in [0.15, 0.2) is 29.3 Å². The molecule has 6 N–H and O–H groups in total.